The molecule has 6 heteroatoms. The van der Waals surface area contributed by atoms with Crippen LogP contribution in [0.1, 0.15) is 26.3 Å². The Morgan fingerprint density at radius 3 is 2.38 bits per heavy atom. The van der Waals surface area contributed by atoms with E-state index in [0.29, 0.717) is 24.7 Å². The van der Waals surface area contributed by atoms with E-state index in [0.717, 1.165) is 11.3 Å². The van der Waals surface area contributed by atoms with Crippen molar-refractivity contribution in [1.29, 1.82) is 0 Å². The van der Waals surface area contributed by atoms with Gasteiger partial charge in [0.05, 0.1) is 24.8 Å². The highest BCUT2D eigenvalue weighted by molar-refractivity contribution is 7.98. The molecule has 1 amide bonds. The second kappa shape index (κ2) is 7.94. The van der Waals surface area contributed by atoms with E-state index in [1.165, 1.54) is 4.90 Å². The van der Waals surface area contributed by atoms with Gasteiger partial charge in [0.25, 0.3) is 0 Å². The van der Waals surface area contributed by atoms with Gasteiger partial charge in [-0.05, 0) is 31.2 Å². The lowest BCUT2D eigenvalue weighted by Crippen LogP contribution is -2.54. The molecule has 0 saturated heterocycles. The number of carbonyl (C=O) groups excluding carboxylic acids is 1. The first-order valence-corrected chi connectivity index (χ1v) is 9.46. The predicted octanol–water partition coefficient (Wildman–Crippen LogP) is 2.38. The molecule has 1 heterocycles. The first-order valence-electron chi connectivity index (χ1n) is 8.24. The molecule has 132 valence electrons. The summed E-state index contributed by atoms with van der Waals surface area (Å²) in [4.78, 5) is 13.9. The summed E-state index contributed by atoms with van der Waals surface area (Å²) in [7, 11) is 0. The van der Waals surface area contributed by atoms with Crippen LogP contribution in [-0.4, -0.2) is 47.0 Å². The van der Waals surface area contributed by atoms with Gasteiger partial charge >= 0.3 is 0 Å². The standard InChI is InChI=1S/C18H27N3O2S/c1-12(2)11-21-18(23)13(3)16(19)17(20(21)9-10-22)14-5-7-15(24-4)8-6-14/h5-8,12-13,22H,9-11,19H2,1-4H3. The monoisotopic (exact) mass is 349 g/mol. The van der Waals surface area contributed by atoms with Gasteiger partial charge in [0, 0.05) is 22.7 Å². The van der Waals surface area contributed by atoms with Crippen molar-refractivity contribution in [2.24, 2.45) is 17.6 Å². The van der Waals surface area contributed by atoms with Crippen LogP contribution in [0.2, 0.25) is 0 Å². The van der Waals surface area contributed by atoms with Gasteiger partial charge in [-0.3, -0.25) is 14.8 Å². The van der Waals surface area contributed by atoms with Crippen LogP contribution in [-0.2, 0) is 4.79 Å². The van der Waals surface area contributed by atoms with Crippen molar-refractivity contribution >= 4 is 23.4 Å². The molecule has 3 N–H and O–H groups in total. The van der Waals surface area contributed by atoms with E-state index < -0.39 is 0 Å². The molecule has 5 nitrogen and oxygen atoms in total. The summed E-state index contributed by atoms with van der Waals surface area (Å²) in [6.07, 6.45) is 2.03. The summed E-state index contributed by atoms with van der Waals surface area (Å²) in [6, 6.07) is 8.14. The van der Waals surface area contributed by atoms with Crippen LogP contribution in [0.4, 0.5) is 0 Å². The highest BCUT2D eigenvalue weighted by Crippen LogP contribution is 2.33. The maximum absolute atomic E-state index is 12.7. The first kappa shape index (κ1) is 18.7. The van der Waals surface area contributed by atoms with E-state index in [1.54, 1.807) is 16.8 Å². The summed E-state index contributed by atoms with van der Waals surface area (Å²) in [5.74, 6) is -0.0603. The number of aliphatic hydroxyl groups is 1. The number of rotatable bonds is 6. The van der Waals surface area contributed by atoms with Crippen molar-refractivity contribution in [3.05, 3.63) is 35.5 Å². The molecule has 0 bridgehead atoms. The van der Waals surface area contributed by atoms with Crippen molar-refractivity contribution in [3.63, 3.8) is 0 Å². The number of β-amino-alcohol motifs (C(OH)–C–C–N with tert-alkyl or cyclic N) is 1. The van der Waals surface area contributed by atoms with Crippen LogP contribution in [0.3, 0.4) is 0 Å². The van der Waals surface area contributed by atoms with Gasteiger partial charge in [0.2, 0.25) is 5.91 Å². The Morgan fingerprint density at radius 2 is 1.88 bits per heavy atom. The van der Waals surface area contributed by atoms with Gasteiger partial charge in [-0.25, -0.2) is 0 Å². The largest absolute Gasteiger partial charge is 0.400 e. The Hall–Kier alpha value is -1.66. The molecule has 2 rings (SSSR count). The minimum atomic E-state index is -0.367. The lowest BCUT2D eigenvalue weighted by atomic mass is 9.97. The number of carbonyl (C=O) groups is 1. The molecule has 0 radical (unpaired) electrons. The predicted molar refractivity (Wildman–Crippen MR) is 98.8 cm³/mol. The molecule has 24 heavy (non-hydrogen) atoms. The Bertz CT molecular complexity index is 613. The summed E-state index contributed by atoms with van der Waals surface area (Å²) < 4.78 is 0. The second-order valence-electron chi connectivity index (χ2n) is 6.42. The molecule has 0 saturated carbocycles. The topological polar surface area (TPSA) is 69.8 Å². The van der Waals surface area contributed by atoms with E-state index >= 15 is 0 Å². The second-order valence-corrected chi connectivity index (χ2v) is 7.29. The first-order chi connectivity index (χ1) is 11.4. The van der Waals surface area contributed by atoms with Crippen molar-refractivity contribution < 1.29 is 9.90 Å². The zero-order valence-electron chi connectivity index (χ0n) is 14.8. The summed E-state index contributed by atoms with van der Waals surface area (Å²) >= 11 is 1.68. The van der Waals surface area contributed by atoms with Crippen molar-refractivity contribution in [2.45, 2.75) is 25.7 Å². The van der Waals surface area contributed by atoms with Gasteiger partial charge < -0.3 is 10.8 Å². The van der Waals surface area contributed by atoms with Crippen molar-refractivity contribution in [1.82, 2.24) is 10.0 Å². The third-order valence-corrected chi connectivity index (χ3v) is 4.87. The molecule has 0 aromatic heterocycles. The number of thioether (sulfide) groups is 1. The SMILES string of the molecule is CSc1ccc(C2=C(N)C(C)C(=O)N(CC(C)C)N2CCO)cc1. The van der Waals surface area contributed by atoms with Gasteiger partial charge in [0.1, 0.15) is 0 Å². The molecular formula is C18H27N3O2S. The highest BCUT2D eigenvalue weighted by Gasteiger charge is 2.36. The van der Waals surface area contributed by atoms with Crippen LogP contribution in [0, 0.1) is 11.8 Å². The number of hydrogen-bond acceptors (Lipinski definition) is 5. The number of hydrazine groups is 1. The summed E-state index contributed by atoms with van der Waals surface area (Å²) in [5, 5.41) is 13.1. The van der Waals surface area contributed by atoms with Crippen LogP contribution in [0.25, 0.3) is 5.70 Å². The fourth-order valence-electron chi connectivity index (χ4n) is 2.88. The fraction of sp³-hybridized carbons (Fsp3) is 0.500. The Balaban J connectivity index is 2.51. The Kier molecular flexibility index (Phi) is 6.18. The number of nitrogens with zero attached hydrogens (tertiary/aromatic N) is 2. The number of hydrogen-bond donors (Lipinski definition) is 2. The van der Waals surface area contributed by atoms with Crippen LogP contribution in [0.15, 0.2) is 34.9 Å². The van der Waals surface area contributed by atoms with E-state index in [1.807, 2.05) is 42.5 Å². The fourth-order valence-corrected chi connectivity index (χ4v) is 3.28. The van der Waals surface area contributed by atoms with Gasteiger partial charge in [-0.15, -0.1) is 11.8 Å². The molecule has 0 fully saturated rings. The maximum atomic E-state index is 12.7. The van der Waals surface area contributed by atoms with Crippen LogP contribution in [0.5, 0.6) is 0 Å². The zero-order chi connectivity index (χ0) is 17.9. The number of nitrogens with two attached hydrogens (primary N) is 1. The van der Waals surface area contributed by atoms with Crippen molar-refractivity contribution in [3.8, 4) is 0 Å². The molecule has 1 unspecified atom stereocenters. The third kappa shape index (κ3) is 3.70. The Morgan fingerprint density at radius 1 is 1.25 bits per heavy atom. The van der Waals surface area contributed by atoms with E-state index in [2.05, 4.69) is 13.8 Å². The van der Waals surface area contributed by atoms with Gasteiger partial charge in [0.15, 0.2) is 0 Å². The number of amides is 1. The van der Waals surface area contributed by atoms with Crippen LogP contribution < -0.4 is 5.73 Å². The quantitative estimate of drug-likeness (QED) is 0.772. The van der Waals surface area contributed by atoms with E-state index in [-0.39, 0.29) is 18.4 Å². The van der Waals surface area contributed by atoms with E-state index in [4.69, 9.17) is 5.73 Å². The van der Waals surface area contributed by atoms with Gasteiger partial charge in [-0.1, -0.05) is 26.0 Å². The minimum absolute atomic E-state index is 0.0147. The molecule has 0 spiro atoms. The molecule has 0 aliphatic carbocycles. The summed E-state index contributed by atoms with van der Waals surface area (Å²) in [6.45, 7) is 6.88. The number of aliphatic hydroxyl groups excluding tert-OH is 1. The average Bonchev–Trinajstić information content (AvgIpc) is 2.57. The number of benzene rings is 1. The molecule has 1 aliphatic rings. The molecule has 1 aromatic rings. The molecule has 1 aliphatic heterocycles. The minimum Gasteiger partial charge on any atom is -0.400 e. The third-order valence-electron chi connectivity index (χ3n) is 4.13. The molecule has 1 aromatic carbocycles. The van der Waals surface area contributed by atoms with E-state index in [9.17, 15) is 9.90 Å². The van der Waals surface area contributed by atoms with Crippen molar-refractivity contribution in [2.75, 3.05) is 26.0 Å². The zero-order valence-corrected chi connectivity index (χ0v) is 15.6. The highest BCUT2D eigenvalue weighted by atomic mass is 32.2. The Labute approximate surface area is 148 Å². The average molecular weight is 350 g/mol. The molecule has 1 atom stereocenters. The maximum Gasteiger partial charge on any atom is 0.249 e. The molecular weight excluding hydrogens is 322 g/mol. The normalized spacial score (nSPS) is 18.8. The van der Waals surface area contributed by atoms with Crippen LogP contribution >= 0.6 is 11.8 Å². The smallest absolute Gasteiger partial charge is 0.249 e. The summed E-state index contributed by atoms with van der Waals surface area (Å²) in [5.41, 5.74) is 8.68. The lowest BCUT2D eigenvalue weighted by Gasteiger charge is -2.44. The lowest BCUT2D eigenvalue weighted by molar-refractivity contribution is -0.150. The van der Waals surface area contributed by atoms with Gasteiger partial charge in [-0.2, -0.15) is 0 Å².